The first-order valence-electron chi connectivity index (χ1n) is 10.5. The highest BCUT2D eigenvalue weighted by Gasteiger charge is 2.29. The maximum Gasteiger partial charge on any atom is 0.335 e. The lowest BCUT2D eigenvalue weighted by Crippen LogP contribution is -2.39. The number of carboxylic acids is 2. The minimum Gasteiger partial charge on any atom is -0.479 e. The number of hydrogen-bond donors (Lipinski definition) is 6. The summed E-state index contributed by atoms with van der Waals surface area (Å²) in [6.45, 7) is 2.43. The quantitative estimate of drug-likeness (QED) is 0.174. The summed E-state index contributed by atoms with van der Waals surface area (Å²) in [6, 6.07) is 3.70. The molecule has 2 heterocycles. The van der Waals surface area contributed by atoms with Gasteiger partial charge in [-0.25, -0.2) is 14.4 Å². The second-order valence-electron chi connectivity index (χ2n) is 7.49. The van der Waals surface area contributed by atoms with Crippen molar-refractivity contribution in [2.75, 3.05) is 26.2 Å². The molecule has 3 rings (SSSR count). The molecule has 0 unspecified atom stereocenters. The third-order valence-electron chi connectivity index (χ3n) is 5.12. The van der Waals surface area contributed by atoms with Crippen LogP contribution in [0, 0.1) is 11.8 Å². The van der Waals surface area contributed by atoms with Gasteiger partial charge in [-0.1, -0.05) is 29.5 Å². The van der Waals surface area contributed by atoms with Crippen LogP contribution in [0.5, 0.6) is 0 Å². The summed E-state index contributed by atoms with van der Waals surface area (Å²) in [7, 11) is 0. The molecule has 2 aliphatic heterocycles. The Balaban J connectivity index is 0.000000347. The van der Waals surface area contributed by atoms with Gasteiger partial charge >= 0.3 is 18.0 Å². The molecule has 12 heteroatoms. The van der Waals surface area contributed by atoms with Crippen molar-refractivity contribution >= 4 is 35.5 Å². The molecule has 0 spiro atoms. The molecule has 0 radical (unpaired) electrons. The highest BCUT2D eigenvalue weighted by molar-refractivity contribution is 6.31. The van der Waals surface area contributed by atoms with Crippen LogP contribution in [0.15, 0.2) is 12.1 Å². The summed E-state index contributed by atoms with van der Waals surface area (Å²) >= 11 is 6.34. The van der Waals surface area contributed by atoms with E-state index in [0.29, 0.717) is 24.4 Å². The van der Waals surface area contributed by atoms with Gasteiger partial charge in [0.05, 0.1) is 11.6 Å². The molecule has 2 atom stereocenters. The number of fused-ring (bicyclic) bond motifs is 1. The number of urea groups is 1. The molecule has 0 saturated carbocycles. The Bertz CT molecular complexity index is 970. The SMILES string of the molecule is O=C(O)[C@H](O)[C@@H](O)C(=O)O.O=C1CNC(=O)N1CCCC#Cc1c(Cl)ccc2c1CCNCC2. The lowest BCUT2D eigenvalue weighted by molar-refractivity contribution is -0.165. The van der Waals surface area contributed by atoms with Crippen molar-refractivity contribution < 1.29 is 39.6 Å². The summed E-state index contributed by atoms with van der Waals surface area (Å²) in [5.74, 6) is 2.64. The van der Waals surface area contributed by atoms with Gasteiger partial charge in [0.25, 0.3) is 0 Å². The fraction of sp³-hybridized carbons (Fsp3) is 0.455. The van der Waals surface area contributed by atoms with Crippen LogP contribution in [-0.4, -0.2) is 87.6 Å². The third-order valence-corrected chi connectivity index (χ3v) is 5.44. The van der Waals surface area contributed by atoms with Crippen LogP contribution in [0.1, 0.15) is 29.5 Å². The number of halogens is 1. The third kappa shape index (κ3) is 7.43. The number of aliphatic hydroxyl groups is 2. The van der Waals surface area contributed by atoms with Crippen LogP contribution >= 0.6 is 11.6 Å². The monoisotopic (exact) mass is 495 g/mol. The van der Waals surface area contributed by atoms with E-state index in [1.54, 1.807) is 0 Å². The molecule has 11 nitrogen and oxygen atoms in total. The van der Waals surface area contributed by atoms with Gasteiger partial charge in [-0.3, -0.25) is 9.69 Å². The summed E-state index contributed by atoms with van der Waals surface area (Å²) in [5.41, 5.74) is 3.48. The van der Waals surface area contributed by atoms with E-state index < -0.39 is 24.1 Å². The number of nitrogens with zero attached hydrogens (tertiary/aromatic N) is 1. The van der Waals surface area contributed by atoms with Gasteiger partial charge in [0.15, 0.2) is 12.2 Å². The summed E-state index contributed by atoms with van der Waals surface area (Å²) < 4.78 is 0. The zero-order valence-corrected chi connectivity index (χ0v) is 19.0. The number of aliphatic carboxylic acids is 2. The van der Waals surface area contributed by atoms with E-state index in [4.69, 9.17) is 32.0 Å². The number of nitrogens with one attached hydrogen (secondary N) is 2. The molecule has 6 N–H and O–H groups in total. The fourth-order valence-corrected chi connectivity index (χ4v) is 3.53. The van der Waals surface area contributed by atoms with Gasteiger partial charge in [0, 0.05) is 18.5 Å². The topological polar surface area (TPSA) is 177 Å². The molecular formula is C22H26ClN3O8. The lowest BCUT2D eigenvalue weighted by Gasteiger charge is -2.10. The second kappa shape index (κ2) is 12.9. The molecule has 3 amide bonds. The van der Waals surface area contributed by atoms with Gasteiger partial charge in [-0.05, 0) is 49.5 Å². The van der Waals surface area contributed by atoms with Crippen molar-refractivity contribution in [1.82, 2.24) is 15.5 Å². The molecule has 2 aliphatic rings. The van der Waals surface area contributed by atoms with E-state index in [1.807, 2.05) is 6.07 Å². The minimum atomic E-state index is -2.27. The van der Waals surface area contributed by atoms with Gasteiger partial charge in [0.2, 0.25) is 5.91 Å². The molecule has 1 fully saturated rings. The Kier molecular flexibility index (Phi) is 10.3. The maximum atomic E-state index is 11.5. The molecule has 1 saturated heterocycles. The maximum absolute atomic E-state index is 11.5. The van der Waals surface area contributed by atoms with Crippen LogP contribution in [0.3, 0.4) is 0 Å². The average molecular weight is 496 g/mol. The number of carbonyl (C=O) groups is 4. The van der Waals surface area contributed by atoms with Crippen molar-refractivity contribution in [3.63, 3.8) is 0 Å². The number of unbranched alkanes of at least 4 members (excludes halogenated alkanes) is 1. The number of imide groups is 1. The summed E-state index contributed by atoms with van der Waals surface area (Å²) in [6.07, 6.45) is -1.32. The zero-order chi connectivity index (χ0) is 25.3. The standard InChI is InChI=1S/C18H20ClN3O2.C4H6O6/c19-16-6-5-13-7-9-20-10-8-14(13)15(16)4-2-1-3-11-22-17(23)12-21-18(22)24;5-1(3(7)8)2(6)4(9)10/h5-6,20H,1,3,7-12H2,(H,21,24);1-2,5-6H,(H,7,8)(H,9,10)/t;1-,2-/m.1/s1. The zero-order valence-electron chi connectivity index (χ0n) is 18.2. The minimum absolute atomic E-state index is 0.101. The Labute approximate surface area is 200 Å². The Morgan fingerprint density at radius 3 is 2.32 bits per heavy atom. The van der Waals surface area contributed by atoms with E-state index in [0.717, 1.165) is 31.5 Å². The lowest BCUT2D eigenvalue weighted by atomic mass is 9.97. The first kappa shape index (κ1) is 27.1. The predicted octanol–water partition coefficient (Wildman–Crippen LogP) is -0.411. The first-order valence-corrected chi connectivity index (χ1v) is 10.9. The van der Waals surface area contributed by atoms with Crippen LogP contribution in [0.25, 0.3) is 0 Å². The van der Waals surface area contributed by atoms with Crippen molar-refractivity contribution in [2.45, 2.75) is 37.9 Å². The molecule has 0 aromatic heterocycles. The van der Waals surface area contributed by atoms with Crippen molar-refractivity contribution in [1.29, 1.82) is 0 Å². The fourth-order valence-electron chi connectivity index (χ4n) is 3.31. The van der Waals surface area contributed by atoms with E-state index in [2.05, 4.69) is 28.5 Å². The van der Waals surface area contributed by atoms with Crippen LogP contribution in [0.2, 0.25) is 5.02 Å². The average Bonchev–Trinajstić information content (AvgIpc) is 2.98. The largest absolute Gasteiger partial charge is 0.479 e. The number of amides is 3. The van der Waals surface area contributed by atoms with Gasteiger partial charge in [-0.2, -0.15) is 0 Å². The number of benzene rings is 1. The molecule has 1 aromatic carbocycles. The van der Waals surface area contributed by atoms with Crippen LogP contribution in [0.4, 0.5) is 4.79 Å². The van der Waals surface area contributed by atoms with Gasteiger partial charge in [0.1, 0.15) is 0 Å². The van der Waals surface area contributed by atoms with Crippen molar-refractivity contribution in [2.24, 2.45) is 0 Å². The van der Waals surface area contributed by atoms with Gasteiger partial charge in [-0.15, -0.1) is 0 Å². The molecular weight excluding hydrogens is 470 g/mol. The molecule has 0 bridgehead atoms. The number of rotatable bonds is 6. The smallest absolute Gasteiger partial charge is 0.335 e. The summed E-state index contributed by atoms with van der Waals surface area (Å²) in [4.78, 5) is 43.7. The highest BCUT2D eigenvalue weighted by atomic mass is 35.5. The van der Waals surface area contributed by atoms with Crippen molar-refractivity contribution in [3.8, 4) is 11.8 Å². The number of hydrogen-bond acceptors (Lipinski definition) is 7. The number of carboxylic acid groups (broad SMARTS) is 2. The molecule has 34 heavy (non-hydrogen) atoms. The molecule has 0 aliphatic carbocycles. The number of carbonyl (C=O) groups excluding carboxylic acids is 2. The van der Waals surface area contributed by atoms with Crippen LogP contribution in [-0.2, 0) is 27.2 Å². The summed E-state index contributed by atoms with van der Waals surface area (Å²) in [5, 5.41) is 39.1. The van der Waals surface area contributed by atoms with E-state index >= 15 is 0 Å². The van der Waals surface area contributed by atoms with Crippen LogP contribution < -0.4 is 10.6 Å². The predicted molar refractivity (Wildman–Crippen MR) is 120 cm³/mol. The van der Waals surface area contributed by atoms with E-state index in [1.165, 1.54) is 16.0 Å². The Morgan fingerprint density at radius 2 is 1.74 bits per heavy atom. The van der Waals surface area contributed by atoms with E-state index in [-0.39, 0.29) is 18.5 Å². The Hall–Kier alpha value is -3.17. The normalized spacial score (nSPS) is 16.6. The number of aliphatic hydroxyl groups excluding tert-OH is 2. The molecule has 184 valence electrons. The second-order valence-corrected chi connectivity index (χ2v) is 7.89. The highest BCUT2D eigenvalue weighted by Crippen LogP contribution is 2.25. The first-order chi connectivity index (χ1) is 16.1. The van der Waals surface area contributed by atoms with E-state index in [9.17, 15) is 19.2 Å². The van der Waals surface area contributed by atoms with Gasteiger partial charge < -0.3 is 31.1 Å². The molecule has 1 aromatic rings. The van der Waals surface area contributed by atoms with Crippen molar-refractivity contribution in [3.05, 3.63) is 33.8 Å². The Morgan fingerprint density at radius 1 is 1.09 bits per heavy atom.